The topological polar surface area (TPSA) is 120 Å². The minimum Gasteiger partial charge on any atom is -0.456 e. The van der Waals surface area contributed by atoms with Crippen molar-refractivity contribution in [2.24, 2.45) is 0 Å². The van der Waals surface area contributed by atoms with E-state index < -0.39 is 27.9 Å². The molecule has 1 saturated heterocycles. The fourth-order valence-electron chi connectivity index (χ4n) is 3.68. The van der Waals surface area contributed by atoms with Gasteiger partial charge in [-0.25, -0.2) is 12.8 Å². The molecule has 0 aliphatic carbocycles. The largest absolute Gasteiger partial charge is 0.456 e. The van der Waals surface area contributed by atoms with E-state index in [1.165, 1.54) is 55.5 Å². The van der Waals surface area contributed by atoms with Crippen LogP contribution in [-0.4, -0.2) is 47.2 Å². The molecule has 0 spiro atoms. The second-order valence-corrected chi connectivity index (χ2v) is 9.73. The standard InChI is InChI=1S/C23H22FN3O6S/c1-15(28)16-7-11-19(12-8-16)34(30,31)27-13-3-2-4-20(27)23(29)32-14-21-25-22(33-26-21)17-5-9-18(24)10-6-17/h5-12,20H,2-4,13-14H2,1H3. The van der Waals surface area contributed by atoms with Crippen LogP contribution in [0.2, 0.25) is 0 Å². The van der Waals surface area contributed by atoms with Crippen molar-refractivity contribution in [3.8, 4) is 11.5 Å². The molecule has 34 heavy (non-hydrogen) atoms. The molecule has 178 valence electrons. The van der Waals surface area contributed by atoms with Crippen LogP contribution in [0.25, 0.3) is 11.5 Å². The fraction of sp³-hybridized carbons (Fsp3) is 0.304. The SMILES string of the molecule is CC(=O)c1ccc(S(=O)(=O)N2CCCCC2C(=O)OCc2noc(-c3ccc(F)cc3)n2)cc1. The number of nitrogens with zero attached hydrogens (tertiary/aromatic N) is 3. The fourth-order valence-corrected chi connectivity index (χ4v) is 5.33. The number of piperidine rings is 1. The molecular formula is C23H22FN3O6S. The Morgan fingerprint density at radius 2 is 1.82 bits per heavy atom. The molecule has 0 N–H and O–H groups in total. The van der Waals surface area contributed by atoms with Crippen molar-refractivity contribution in [1.29, 1.82) is 0 Å². The van der Waals surface area contributed by atoms with Crippen LogP contribution >= 0.6 is 0 Å². The first-order chi connectivity index (χ1) is 16.3. The minimum absolute atomic E-state index is 0.000641. The van der Waals surface area contributed by atoms with Gasteiger partial charge in [0.25, 0.3) is 5.89 Å². The molecule has 0 bridgehead atoms. The number of rotatable bonds is 7. The Kier molecular flexibility index (Phi) is 6.85. The molecule has 0 amide bonds. The van der Waals surface area contributed by atoms with E-state index >= 15 is 0 Å². The van der Waals surface area contributed by atoms with Crippen LogP contribution in [0.3, 0.4) is 0 Å². The van der Waals surface area contributed by atoms with Crippen LogP contribution in [0.5, 0.6) is 0 Å². The number of carbonyl (C=O) groups is 2. The van der Waals surface area contributed by atoms with Crippen LogP contribution in [-0.2, 0) is 26.2 Å². The number of benzene rings is 2. The summed E-state index contributed by atoms with van der Waals surface area (Å²) in [6.45, 7) is 1.27. The summed E-state index contributed by atoms with van der Waals surface area (Å²) in [6.07, 6.45) is 1.60. The number of aromatic nitrogens is 2. The van der Waals surface area contributed by atoms with E-state index in [1.807, 2.05) is 0 Å². The zero-order valence-electron chi connectivity index (χ0n) is 18.3. The van der Waals surface area contributed by atoms with Crippen molar-refractivity contribution in [1.82, 2.24) is 14.4 Å². The van der Waals surface area contributed by atoms with Gasteiger partial charge in [0.05, 0.1) is 4.90 Å². The van der Waals surface area contributed by atoms with E-state index in [0.29, 0.717) is 30.4 Å². The highest BCUT2D eigenvalue weighted by Crippen LogP contribution is 2.27. The van der Waals surface area contributed by atoms with Gasteiger partial charge >= 0.3 is 5.97 Å². The molecule has 2 heterocycles. The van der Waals surface area contributed by atoms with Crippen molar-refractivity contribution in [2.75, 3.05) is 6.54 Å². The van der Waals surface area contributed by atoms with Crippen molar-refractivity contribution in [3.63, 3.8) is 0 Å². The van der Waals surface area contributed by atoms with E-state index in [1.54, 1.807) is 0 Å². The number of Topliss-reactive ketones (excluding diaryl/α,β-unsaturated/α-hetero) is 1. The number of hydrogen-bond donors (Lipinski definition) is 0. The van der Waals surface area contributed by atoms with Gasteiger partial charge in [-0.15, -0.1) is 0 Å². The molecule has 1 atom stereocenters. The molecule has 1 aliphatic rings. The zero-order valence-corrected chi connectivity index (χ0v) is 19.1. The average Bonchev–Trinajstić information content (AvgIpc) is 3.32. The maximum absolute atomic E-state index is 13.2. The Balaban J connectivity index is 1.45. The lowest BCUT2D eigenvalue weighted by Crippen LogP contribution is -2.48. The van der Waals surface area contributed by atoms with Crippen LogP contribution in [0.15, 0.2) is 57.9 Å². The van der Waals surface area contributed by atoms with Gasteiger partial charge in [-0.1, -0.05) is 17.3 Å². The van der Waals surface area contributed by atoms with Crippen molar-refractivity contribution >= 4 is 21.8 Å². The molecule has 1 fully saturated rings. The molecule has 1 unspecified atom stereocenters. The van der Waals surface area contributed by atoms with Gasteiger partial charge in [-0.2, -0.15) is 9.29 Å². The summed E-state index contributed by atoms with van der Waals surface area (Å²) in [5, 5.41) is 3.75. The Hall–Kier alpha value is -3.44. The number of hydrogen-bond acceptors (Lipinski definition) is 8. The number of ether oxygens (including phenoxy) is 1. The molecular weight excluding hydrogens is 465 g/mol. The molecule has 2 aromatic carbocycles. The minimum atomic E-state index is -3.98. The van der Waals surface area contributed by atoms with Crippen LogP contribution in [0.1, 0.15) is 42.4 Å². The Labute approximate surface area is 195 Å². The van der Waals surface area contributed by atoms with Gasteiger partial charge in [-0.3, -0.25) is 9.59 Å². The van der Waals surface area contributed by atoms with Gasteiger partial charge in [0.15, 0.2) is 12.4 Å². The van der Waals surface area contributed by atoms with Crippen LogP contribution in [0.4, 0.5) is 4.39 Å². The summed E-state index contributed by atoms with van der Waals surface area (Å²) in [5.41, 5.74) is 0.903. The first kappa shape index (κ1) is 23.7. The lowest BCUT2D eigenvalue weighted by atomic mass is 10.1. The number of ketones is 1. The monoisotopic (exact) mass is 487 g/mol. The third-order valence-corrected chi connectivity index (χ3v) is 7.42. The summed E-state index contributed by atoms with van der Waals surface area (Å²) in [7, 11) is -3.98. The second kappa shape index (κ2) is 9.82. The predicted octanol–water partition coefficient (Wildman–Crippen LogP) is 3.36. The van der Waals surface area contributed by atoms with Gasteiger partial charge in [0.1, 0.15) is 11.9 Å². The highest BCUT2D eigenvalue weighted by atomic mass is 32.2. The normalized spacial score (nSPS) is 16.8. The zero-order chi connectivity index (χ0) is 24.3. The quantitative estimate of drug-likeness (QED) is 0.368. The molecule has 1 aromatic heterocycles. The Morgan fingerprint density at radius 1 is 1.12 bits per heavy atom. The summed E-state index contributed by atoms with van der Waals surface area (Å²) >= 11 is 0. The van der Waals surface area contributed by atoms with E-state index in [9.17, 15) is 22.4 Å². The van der Waals surface area contributed by atoms with Gasteiger partial charge in [-0.05, 0) is 62.6 Å². The first-order valence-electron chi connectivity index (χ1n) is 10.6. The van der Waals surface area contributed by atoms with E-state index in [4.69, 9.17) is 9.26 Å². The highest BCUT2D eigenvalue weighted by Gasteiger charge is 2.38. The maximum Gasteiger partial charge on any atom is 0.324 e. The summed E-state index contributed by atoms with van der Waals surface area (Å²) < 4.78 is 51.1. The predicted molar refractivity (Wildman–Crippen MR) is 117 cm³/mol. The highest BCUT2D eigenvalue weighted by molar-refractivity contribution is 7.89. The molecule has 0 saturated carbocycles. The summed E-state index contributed by atoms with van der Waals surface area (Å²) in [6, 6.07) is 10.1. The lowest BCUT2D eigenvalue weighted by molar-refractivity contribution is -0.150. The van der Waals surface area contributed by atoms with E-state index in [-0.39, 0.29) is 35.5 Å². The molecule has 9 nitrogen and oxygen atoms in total. The van der Waals surface area contributed by atoms with Gasteiger partial charge in [0.2, 0.25) is 15.8 Å². The van der Waals surface area contributed by atoms with Crippen LogP contribution in [0, 0.1) is 5.82 Å². The third-order valence-electron chi connectivity index (χ3n) is 5.50. The Bertz CT molecular complexity index is 1290. The molecule has 1 aliphatic heterocycles. The summed E-state index contributed by atoms with van der Waals surface area (Å²) in [5.74, 6) is -1.05. The molecule has 3 aromatic rings. The number of sulfonamides is 1. The van der Waals surface area contributed by atoms with Crippen molar-refractivity contribution < 1.29 is 31.7 Å². The van der Waals surface area contributed by atoms with E-state index in [2.05, 4.69) is 10.1 Å². The van der Waals surface area contributed by atoms with E-state index in [0.717, 1.165) is 4.31 Å². The molecule has 4 rings (SSSR count). The number of halogens is 1. The summed E-state index contributed by atoms with van der Waals surface area (Å²) in [4.78, 5) is 28.4. The third kappa shape index (κ3) is 5.05. The van der Waals surface area contributed by atoms with Crippen molar-refractivity contribution in [2.45, 2.75) is 43.7 Å². The van der Waals surface area contributed by atoms with Gasteiger partial charge < -0.3 is 9.26 Å². The maximum atomic E-state index is 13.2. The number of esters is 1. The Morgan fingerprint density at radius 3 is 2.50 bits per heavy atom. The lowest BCUT2D eigenvalue weighted by Gasteiger charge is -2.32. The number of carbonyl (C=O) groups excluding carboxylic acids is 2. The first-order valence-corrected chi connectivity index (χ1v) is 12.1. The smallest absolute Gasteiger partial charge is 0.324 e. The average molecular weight is 488 g/mol. The van der Waals surface area contributed by atoms with Crippen molar-refractivity contribution in [3.05, 3.63) is 65.7 Å². The molecule has 11 heteroatoms. The van der Waals surface area contributed by atoms with Crippen LogP contribution < -0.4 is 0 Å². The second-order valence-electron chi connectivity index (χ2n) is 7.84. The molecule has 0 radical (unpaired) electrons. The van der Waals surface area contributed by atoms with Gasteiger partial charge in [0, 0.05) is 17.7 Å².